The first-order chi connectivity index (χ1) is 9.84. The summed E-state index contributed by atoms with van der Waals surface area (Å²) in [5.74, 6) is -0.0732. The van der Waals surface area contributed by atoms with Crippen LogP contribution in [-0.4, -0.2) is 34.5 Å². The highest BCUT2D eigenvalue weighted by atomic mass is 32.1. The number of nitrogens with two attached hydrogens (primary N) is 1. The number of benzene rings is 1. The third kappa shape index (κ3) is 2.39. The van der Waals surface area contributed by atoms with E-state index >= 15 is 0 Å². The number of thiocarbonyl (C=S) groups is 1. The minimum absolute atomic E-state index is 0.0732. The van der Waals surface area contributed by atoms with Gasteiger partial charge in [-0.05, 0) is 50.7 Å². The number of carbonyl (C=O) groups excluding carboxylic acids is 1. The highest BCUT2D eigenvalue weighted by Crippen LogP contribution is 2.33. The molecule has 1 amide bonds. The lowest BCUT2D eigenvalue weighted by Gasteiger charge is -2.28. The average Bonchev–Trinajstić information content (AvgIpc) is 2.60. The Labute approximate surface area is 130 Å². The van der Waals surface area contributed by atoms with Crippen LogP contribution in [-0.2, 0) is 4.79 Å². The van der Waals surface area contributed by atoms with E-state index in [1.807, 2.05) is 31.7 Å². The monoisotopic (exact) mass is 302 g/mol. The average molecular weight is 302 g/mol. The van der Waals surface area contributed by atoms with E-state index in [1.165, 1.54) is 4.90 Å². The predicted octanol–water partition coefficient (Wildman–Crippen LogP) is 2.22. The number of nitrogens with zero attached hydrogens (tertiary/aromatic N) is 3. The van der Waals surface area contributed by atoms with Crippen molar-refractivity contribution in [3.8, 4) is 0 Å². The molecule has 0 saturated carbocycles. The smallest absolute Gasteiger partial charge is 0.258 e. The SMILES string of the molecule is [C-]#[N+]c1ccc(N2C(=O)C(C)(C)N(CCN)C2=S)cc1C. The van der Waals surface area contributed by atoms with E-state index in [0.717, 1.165) is 5.56 Å². The molecule has 0 radical (unpaired) electrons. The summed E-state index contributed by atoms with van der Waals surface area (Å²) < 4.78 is 0. The maximum absolute atomic E-state index is 12.7. The quantitative estimate of drug-likeness (QED) is 0.687. The molecule has 1 heterocycles. The van der Waals surface area contributed by atoms with Gasteiger partial charge in [-0.2, -0.15) is 0 Å². The maximum atomic E-state index is 12.7. The van der Waals surface area contributed by atoms with Crippen LogP contribution in [0.2, 0.25) is 0 Å². The van der Waals surface area contributed by atoms with Crippen LogP contribution in [0.3, 0.4) is 0 Å². The summed E-state index contributed by atoms with van der Waals surface area (Å²) in [6, 6.07) is 5.29. The molecule has 2 N–H and O–H groups in total. The summed E-state index contributed by atoms with van der Waals surface area (Å²) in [6.45, 7) is 13.6. The molecule has 0 spiro atoms. The molecule has 0 aliphatic carbocycles. The molecule has 0 unspecified atom stereocenters. The molecule has 0 aromatic heterocycles. The molecule has 110 valence electrons. The molecular weight excluding hydrogens is 284 g/mol. The van der Waals surface area contributed by atoms with Crippen LogP contribution >= 0.6 is 12.2 Å². The number of rotatable bonds is 3. The molecule has 1 aliphatic heterocycles. The van der Waals surface area contributed by atoms with E-state index in [0.29, 0.717) is 29.6 Å². The van der Waals surface area contributed by atoms with Crippen molar-refractivity contribution in [3.63, 3.8) is 0 Å². The molecule has 1 fully saturated rings. The van der Waals surface area contributed by atoms with Crippen molar-refractivity contribution in [1.29, 1.82) is 0 Å². The van der Waals surface area contributed by atoms with Gasteiger partial charge in [0.15, 0.2) is 10.8 Å². The molecule has 6 heteroatoms. The second kappa shape index (κ2) is 5.43. The van der Waals surface area contributed by atoms with E-state index in [-0.39, 0.29) is 5.91 Å². The standard InChI is InChI=1S/C15H18N4OS/c1-10-9-11(5-6-12(10)17-4)19-13(20)15(2,3)18(8-7-16)14(19)21/h5-6,9H,7-8,16H2,1-3H3. The normalized spacial score (nSPS) is 17.3. The van der Waals surface area contributed by atoms with E-state index in [9.17, 15) is 4.79 Å². The molecule has 21 heavy (non-hydrogen) atoms. The summed E-state index contributed by atoms with van der Waals surface area (Å²) in [6.07, 6.45) is 0. The van der Waals surface area contributed by atoms with Gasteiger partial charge in [0.05, 0.1) is 6.57 Å². The lowest BCUT2D eigenvalue weighted by atomic mass is 10.0. The topological polar surface area (TPSA) is 53.9 Å². The van der Waals surface area contributed by atoms with E-state index in [2.05, 4.69) is 4.85 Å². The van der Waals surface area contributed by atoms with E-state index in [1.54, 1.807) is 12.1 Å². The van der Waals surface area contributed by atoms with Crippen molar-refractivity contribution >= 4 is 34.6 Å². The van der Waals surface area contributed by atoms with Crippen molar-refractivity contribution in [2.24, 2.45) is 5.73 Å². The van der Waals surface area contributed by atoms with Crippen LogP contribution in [0.15, 0.2) is 18.2 Å². The fourth-order valence-electron chi connectivity index (χ4n) is 2.47. The minimum Gasteiger partial charge on any atom is -0.333 e. The zero-order valence-electron chi connectivity index (χ0n) is 12.4. The van der Waals surface area contributed by atoms with Gasteiger partial charge < -0.3 is 10.6 Å². The second-order valence-electron chi connectivity index (χ2n) is 5.51. The Hall–Kier alpha value is -1.97. The number of hydrogen-bond donors (Lipinski definition) is 1. The summed E-state index contributed by atoms with van der Waals surface area (Å²) in [5, 5.41) is 0.463. The van der Waals surface area contributed by atoms with Crippen LogP contribution in [0.1, 0.15) is 19.4 Å². The first-order valence-electron chi connectivity index (χ1n) is 6.69. The third-order valence-electron chi connectivity index (χ3n) is 3.74. The van der Waals surface area contributed by atoms with Crippen molar-refractivity contribution < 1.29 is 4.79 Å². The maximum Gasteiger partial charge on any atom is 0.258 e. The van der Waals surface area contributed by atoms with Gasteiger partial charge in [0.25, 0.3) is 5.91 Å². The molecule has 5 nitrogen and oxygen atoms in total. The van der Waals surface area contributed by atoms with Crippen LogP contribution < -0.4 is 10.6 Å². The van der Waals surface area contributed by atoms with Crippen LogP contribution in [0.5, 0.6) is 0 Å². The van der Waals surface area contributed by atoms with Gasteiger partial charge in [-0.15, -0.1) is 0 Å². The zero-order valence-corrected chi connectivity index (χ0v) is 13.2. The number of hydrogen-bond acceptors (Lipinski definition) is 3. The highest BCUT2D eigenvalue weighted by molar-refractivity contribution is 7.80. The first-order valence-corrected chi connectivity index (χ1v) is 7.09. The van der Waals surface area contributed by atoms with Crippen molar-refractivity contribution in [1.82, 2.24) is 4.90 Å². The summed E-state index contributed by atoms with van der Waals surface area (Å²) in [5.41, 5.74) is 7.02. The van der Waals surface area contributed by atoms with Gasteiger partial charge in [-0.1, -0.05) is 6.07 Å². The Morgan fingerprint density at radius 1 is 1.43 bits per heavy atom. The molecule has 1 aromatic rings. The fraction of sp³-hybridized carbons (Fsp3) is 0.400. The van der Waals surface area contributed by atoms with Crippen LogP contribution in [0.4, 0.5) is 11.4 Å². The van der Waals surface area contributed by atoms with Gasteiger partial charge in [-0.25, -0.2) is 4.85 Å². The van der Waals surface area contributed by atoms with Gasteiger partial charge >= 0.3 is 0 Å². The Bertz CT molecular complexity index is 648. The number of anilines is 1. The number of aryl methyl sites for hydroxylation is 1. The Kier molecular flexibility index (Phi) is 3.99. The van der Waals surface area contributed by atoms with E-state index in [4.69, 9.17) is 24.5 Å². The van der Waals surface area contributed by atoms with Gasteiger partial charge in [0, 0.05) is 18.8 Å². The van der Waals surface area contributed by atoms with Gasteiger partial charge in [-0.3, -0.25) is 9.69 Å². The summed E-state index contributed by atoms with van der Waals surface area (Å²) in [4.78, 5) is 19.5. The molecule has 1 aromatic carbocycles. The van der Waals surface area contributed by atoms with E-state index < -0.39 is 5.54 Å². The Balaban J connectivity index is 2.45. The molecule has 0 atom stereocenters. The highest BCUT2D eigenvalue weighted by Gasteiger charge is 2.48. The molecule has 2 rings (SSSR count). The number of amides is 1. The minimum atomic E-state index is -0.706. The summed E-state index contributed by atoms with van der Waals surface area (Å²) in [7, 11) is 0. The lowest BCUT2D eigenvalue weighted by molar-refractivity contribution is -0.123. The third-order valence-corrected chi connectivity index (χ3v) is 4.14. The Morgan fingerprint density at radius 2 is 2.10 bits per heavy atom. The molecule has 0 bridgehead atoms. The second-order valence-corrected chi connectivity index (χ2v) is 5.87. The Morgan fingerprint density at radius 3 is 2.62 bits per heavy atom. The lowest BCUT2D eigenvalue weighted by Crippen LogP contribution is -2.46. The molecule has 1 aliphatic rings. The van der Waals surface area contributed by atoms with Crippen molar-refractivity contribution in [3.05, 3.63) is 35.2 Å². The fourth-order valence-corrected chi connectivity index (χ4v) is 2.98. The predicted molar refractivity (Wildman–Crippen MR) is 87.4 cm³/mol. The van der Waals surface area contributed by atoms with Gasteiger partial charge in [0.2, 0.25) is 0 Å². The van der Waals surface area contributed by atoms with Gasteiger partial charge in [0.1, 0.15) is 5.54 Å². The summed E-state index contributed by atoms with van der Waals surface area (Å²) >= 11 is 5.45. The number of carbonyl (C=O) groups is 1. The molecule has 1 saturated heterocycles. The first kappa shape index (κ1) is 15.4. The van der Waals surface area contributed by atoms with Crippen molar-refractivity contribution in [2.75, 3.05) is 18.0 Å². The largest absolute Gasteiger partial charge is 0.333 e. The van der Waals surface area contributed by atoms with Crippen LogP contribution in [0.25, 0.3) is 4.85 Å². The zero-order chi connectivity index (χ0) is 15.8. The van der Waals surface area contributed by atoms with Crippen LogP contribution in [0, 0.1) is 13.5 Å². The van der Waals surface area contributed by atoms with Crippen molar-refractivity contribution in [2.45, 2.75) is 26.3 Å². The molecular formula is C15H18N4OS.